The number of amides is 1. The molecule has 3 heterocycles. The largest absolute Gasteiger partial charge is 0.340 e. The molecule has 3 N–H and O–H groups in total. The standard InChI is InChI=1S/C27H24N8O2/c1-18-30-24(16-25(31-18)34-23-8-4-5-14-28-23)32-19-9-11-20(12-10-19)33-26(36)13-15-35-17-29-22-7-3-2-6-21(22)27(35)37/h2-12,14,16-17H,13,15H2,1H3,(H,33,36)(H2,28,30,31,32,34). The molecule has 0 radical (unpaired) electrons. The number of para-hydroxylation sites is 1. The Balaban J connectivity index is 1.18. The first-order chi connectivity index (χ1) is 18.0. The third-order valence-corrected chi connectivity index (χ3v) is 5.51. The van der Waals surface area contributed by atoms with E-state index in [1.807, 2.05) is 43.3 Å². The van der Waals surface area contributed by atoms with E-state index in [9.17, 15) is 9.59 Å². The van der Waals surface area contributed by atoms with Crippen LogP contribution in [0.4, 0.5) is 28.8 Å². The molecule has 0 spiro atoms. The minimum Gasteiger partial charge on any atom is -0.340 e. The Morgan fingerprint density at radius 1 is 0.838 bits per heavy atom. The summed E-state index contributed by atoms with van der Waals surface area (Å²) >= 11 is 0. The Bertz CT molecular complexity index is 1600. The summed E-state index contributed by atoms with van der Waals surface area (Å²) in [6.07, 6.45) is 3.33. The fourth-order valence-corrected chi connectivity index (χ4v) is 3.76. The first kappa shape index (κ1) is 23.6. The molecule has 0 atom stereocenters. The number of aromatic nitrogens is 5. The van der Waals surface area contributed by atoms with Gasteiger partial charge in [-0.3, -0.25) is 14.2 Å². The predicted molar refractivity (Wildman–Crippen MR) is 143 cm³/mol. The zero-order valence-corrected chi connectivity index (χ0v) is 20.0. The van der Waals surface area contributed by atoms with Crippen molar-refractivity contribution in [1.29, 1.82) is 0 Å². The second-order valence-electron chi connectivity index (χ2n) is 8.29. The molecule has 0 aliphatic rings. The fourth-order valence-electron chi connectivity index (χ4n) is 3.76. The molecular formula is C27H24N8O2. The van der Waals surface area contributed by atoms with Crippen LogP contribution in [-0.2, 0) is 11.3 Å². The molecule has 0 fully saturated rings. The van der Waals surface area contributed by atoms with E-state index in [4.69, 9.17) is 0 Å². The second-order valence-corrected chi connectivity index (χ2v) is 8.29. The Morgan fingerprint density at radius 2 is 1.57 bits per heavy atom. The van der Waals surface area contributed by atoms with E-state index in [2.05, 4.69) is 35.9 Å². The summed E-state index contributed by atoms with van der Waals surface area (Å²) in [5, 5.41) is 9.81. The van der Waals surface area contributed by atoms with Gasteiger partial charge in [-0.05, 0) is 55.5 Å². The lowest BCUT2D eigenvalue weighted by atomic mass is 10.2. The maximum atomic E-state index is 12.6. The molecule has 3 aromatic heterocycles. The van der Waals surface area contributed by atoms with Crippen LogP contribution in [0.25, 0.3) is 10.9 Å². The lowest BCUT2D eigenvalue weighted by Gasteiger charge is -2.11. The number of anilines is 5. The Hall–Kier alpha value is -5.12. The third kappa shape index (κ3) is 5.93. The Morgan fingerprint density at radius 3 is 2.35 bits per heavy atom. The minimum absolute atomic E-state index is 0.145. The van der Waals surface area contributed by atoms with Crippen LogP contribution in [0.15, 0.2) is 90.1 Å². The SMILES string of the molecule is Cc1nc(Nc2ccc(NC(=O)CCn3cnc4ccccc4c3=O)cc2)cc(Nc2ccccn2)n1. The van der Waals surface area contributed by atoms with Gasteiger partial charge < -0.3 is 16.0 Å². The van der Waals surface area contributed by atoms with Crippen LogP contribution in [-0.4, -0.2) is 30.4 Å². The van der Waals surface area contributed by atoms with Crippen LogP contribution >= 0.6 is 0 Å². The molecule has 0 aliphatic carbocycles. The maximum absolute atomic E-state index is 12.6. The van der Waals surface area contributed by atoms with Crippen LogP contribution in [0.5, 0.6) is 0 Å². The van der Waals surface area contributed by atoms with Gasteiger partial charge in [-0.25, -0.2) is 19.9 Å². The van der Waals surface area contributed by atoms with E-state index in [1.165, 1.54) is 10.9 Å². The fraction of sp³-hybridized carbons (Fsp3) is 0.111. The minimum atomic E-state index is -0.197. The summed E-state index contributed by atoms with van der Waals surface area (Å²) in [5.74, 6) is 2.34. The molecule has 5 aromatic rings. The molecule has 10 nitrogen and oxygen atoms in total. The van der Waals surface area contributed by atoms with E-state index in [1.54, 1.807) is 42.6 Å². The molecule has 0 saturated heterocycles. The van der Waals surface area contributed by atoms with E-state index in [0.29, 0.717) is 39.9 Å². The lowest BCUT2D eigenvalue weighted by Crippen LogP contribution is -2.23. The first-order valence-corrected chi connectivity index (χ1v) is 11.7. The zero-order valence-electron chi connectivity index (χ0n) is 20.0. The zero-order chi connectivity index (χ0) is 25.6. The number of hydrogen-bond donors (Lipinski definition) is 3. The molecule has 10 heteroatoms. The molecule has 2 aromatic carbocycles. The first-order valence-electron chi connectivity index (χ1n) is 11.7. The van der Waals surface area contributed by atoms with Crippen molar-refractivity contribution >= 4 is 45.6 Å². The van der Waals surface area contributed by atoms with Crippen LogP contribution in [0.3, 0.4) is 0 Å². The van der Waals surface area contributed by atoms with E-state index >= 15 is 0 Å². The van der Waals surface area contributed by atoms with Gasteiger partial charge in [-0.1, -0.05) is 18.2 Å². The van der Waals surface area contributed by atoms with Crippen molar-refractivity contribution in [3.05, 3.63) is 101 Å². The van der Waals surface area contributed by atoms with Gasteiger partial charge in [0, 0.05) is 36.6 Å². The topological polar surface area (TPSA) is 127 Å². The monoisotopic (exact) mass is 492 g/mol. The summed E-state index contributed by atoms with van der Waals surface area (Å²) in [6, 6.07) is 21.8. The average Bonchev–Trinajstić information content (AvgIpc) is 2.90. The second kappa shape index (κ2) is 10.6. The number of fused-ring (bicyclic) bond motifs is 1. The maximum Gasteiger partial charge on any atom is 0.261 e. The molecule has 0 unspecified atom stereocenters. The normalized spacial score (nSPS) is 10.7. The highest BCUT2D eigenvalue weighted by atomic mass is 16.2. The number of carbonyl (C=O) groups is 1. The molecule has 1 amide bonds. The highest BCUT2D eigenvalue weighted by Crippen LogP contribution is 2.21. The van der Waals surface area contributed by atoms with Crippen molar-refractivity contribution in [3.63, 3.8) is 0 Å². The van der Waals surface area contributed by atoms with Crippen molar-refractivity contribution in [3.8, 4) is 0 Å². The van der Waals surface area contributed by atoms with Gasteiger partial charge in [-0.2, -0.15) is 0 Å². The van der Waals surface area contributed by atoms with Crippen molar-refractivity contribution in [2.45, 2.75) is 19.9 Å². The highest BCUT2D eigenvalue weighted by Gasteiger charge is 2.08. The van der Waals surface area contributed by atoms with Gasteiger partial charge in [0.1, 0.15) is 23.3 Å². The summed E-state index contributed by atoms with van der Waals surface area (Å²) < 4.78 is 1.45. The van der Waals surface area contributed by atoms with Gasteiger partial charge in [0.15, 0.2) is 0 Å². The Labute approximate surface area is 212 Å². The molecule has 0 aliphatic heterocycles. The summed E-state index contributed by atoms with van der Waals surface area (Å²) in [6.45, 7) is 2.06. The molecule has 0 saturated carbocycles. The van der Waals surface area contributed by atoms with Crippen molar-refractivity contribution in [1.82, 2.24) is 24.5 Å². The number of carbonyl (C=O) groups excluding carboxylic acids is 1. The van der Waals surface area contributed by atoms with Gasteiger partial charge in [0.2, 0.25) is 5.91 Å². The molecule has 5 rings (SSSR count). The summed E-state index contributed by atoms with van der Waals surface area (Å²) in [7, 11) is 0. The number of aryl methyl sites for hydroxylation is 2. The number of nitrogens with zero attached hydrogens (tertiary/aromatic N) is 5. The van der Waals surface area contributed by atoms with Gasteiger partial charge >= 0.3 is 0 Å². The third-order valence-electron chi connectivity index (χ3n) is 5.51. The average molecular weight is 493 g/mol. The highest BCUT2D eigenvalue weighted by molar-refractivity contribution is 5.91. The van der Waals surface area contributed by atoms with Gasteiger partial charge in [-0.15, -0.1) is 0 Å². The number of nitrogens with one attached hydrogen (secondary N) is 3. The van der Waals surface area contributed by atoms with Crippen molar-refractivity contribution < 1.29 is 4.79 Å². The predicted octanol–water partition coefficient (Wildman–Crippen LogP) is 4.41. The quantitative estimate of drug-likeness (QED) is 0.291. The van der Waals surface area contributed by atoms with Gasteiger partial charge in [0.05, 0.1) is 17.2 Å². The smallest absolute Gasteiger partial charge is 0.261 e. The Kier molecular flexibility index (Phi) is 6.80. The van der Waals surface area contributed by atoms with Crippen molar-refractivity contribution in [2.75, 3.05) is 16.0 Å². The number of benzene rings is 2. The number of pyridine rings is 1. The van der Waals surface area contributed by atoms with Crippen LogP contribution in [0, 0.1) is 6.92 Å². The van der Waals surface area contributed by atoms with E-state index in [-0.39, 0.29) is 24.4 Å². The van der Waals surface area contributed by atoms with Crippen LogP contribution in [0.2, 0.25) is 0 Å². The van der Waals surface area contributed by atoms with E-state index in [0.717, 1.165) is 5.69 Å². The summed E-state index contributed by atoms with van der Waals surface area (Å²) in [5.41, 5.74) is 1.93. The molecular weight excluding hydrogens is 468 g/mol. The molecule has 0 bridgehead atoms. The molecule has 184 valence electrons. The number of hydrogen-bond acceptors (Lipinski definition) is 8. The lowest BCUT2D eigenvalue weighted by molar-refractivity contribution is -0.116. The van der Waals surface area contributed by atoms with Crippen molar-refractivity contribution in [2.24, 2.45) is 0 Å². The summed E-state index contributed by atoms with van der Waals surface area (Å²) in [4.78, 5) is 42.4. The van der Waals surface area contributed by atoms with E-state index < -0.39 is 0 Å². The van der Waals surface area contributed by atoms with Gasteiger partial charge in [0.25, 0.3) is 5.56 Å². The van der Waals surface area contributed by atoms with Crippen LogP contribution in [0.1, 0.15) is 12.2 Å². The number of rotatable bonds is 8. The van der Waals surface area contributed by atoms with Crippen LogP contribution < -0.4 is 21.5 Å². The molecule has 37 heavy (non-hydrogen) atoms.